The summed E-state index contributed by atoms with van der Waals surface area (Å²) in [5.41, 5.74) is 6.32. The highest BCUT2D eigenvalue weighted by Gasteiger charge is 2.33. The molecule has 2 N–H and O–H groups in total. The number of anilines is 1. The molecule has 9 heteroatoms. The average molecular weight is 494 g/mol. The van der Waals surface area contributed by atoms with Gasteiger partial charge in [0.15, 0.2) is 0 Å². The average Bonchev–Trinajstić information content (AvgIpc) is 3.18. The molecule has 1 atom stereocenters. The second-order valence-electron chi connectivity index (χ2n) is 8.82. The van der Waals surface area contributed by atoms with Crippen LogP contribution in [0.4, 0.5) is 10.5 Å². The number of hydrogen-bond acceptors (Lipinski definition) is 6. The molecule has 0 fully saturated rings. The Morgan fingerprint density at radius 1 is 1.03 bits per heavy atom. The van der Waals surface area contributed by atoms with Gasteiger partial charge < -0.3 is 15.1 Å². The number of carbonyl (C=O) groups excluding carboxylic acids is 1. The zero-order valence-electron chi connectivity index (χ0n) is 20.4. The minimum absolute atomic E-state index is 0.0535. The lowest BCUT2D eigenvalue weighted by Crippen LogP contribution is -2.40. The lowest BCUT2D eigenvalue weighted by Gasteiger charge is -2.29. The van der Waals surface area contributed by atoms with E-state index in [0.29, 0.717) is 13.0 Å². The molecule has 2 aliphatic heterocycles. The molecule has 0 radical (unpaired) electrons. The number of rotatable bonds is 7. The van der Waals surface area contributed by atoms with Crippen LogP contribution in [-0.2, 0) is 16.4 Å². The predicted octanol–water partition coefficient (Wildman–Crippen LogP) is 3.91. The van der Waals surface area contributed by atoms with Crippen molar-refractivity contribution >= 4 is 27.5 Å². The van der Waals surface area contributed by atoms with Crippen LogP contribution in [0.5, 0.6) is 0 Å². The van der Waals surface area contributed by atoms with E-state index in [2.05, 4.69) is 58.2 Å². The first-order chi connectivity index (χ1) is 16.7. The van der Waals surface area contributed by atoms with Crippen LogP contribution in [0.25, 0.3) is 0 Å². The molecule has 0 aliphatic carbocycles. The van der Waals surface area contributed by atoms with E-state index in [0.717, 1.165) is 40.2 Å². The van der Waals surface area contributed by atoms with Gasteiger partial charge in [-0.2, -0.15) is 0 Å². The Morgan fingerprint density at radius 3 is 2.37 bits per heavy atom. The van der Waals surface area contributed by atoms with E-state index < -0.39 is 16.1 Å². The number of fused-ring (bicyclic) bond motifs is 1. The summed E-state index contributed by atoms with van der Waals surface area (Å²) in [5.74, 6) is 0. The minimum Gasteiger partial charge on any atom is -0.355 e. The van der Waals surface area contributed by atoms with E-state index in [9.17, 15) is 13.2 Å². The molecular formula is C26H31N5O3S. The van der Waals surface area contributed by atoms with E-state index >= 15 is 0 Å². The van der Waals surface area contributed by atoms with Gasteiger partial charge in [-0.25, -0.2) is 17.9 Å². The van der Waals surface area contributed by atoms with Crippen molar-refractivity contribution in [1.82, 2.24) is 14.9 Å². The Morgan fingerprint density at radius 2 is 1.71 bits per heavy atom. The summed E-state index contributed by atoms with van der Waals surface area (Å²) in [6, 6.07) is 13.8. The summed E-state index contributed by atoms with van der Waals surface area (Å²) in [7, 11) is -1.89. The van der Waals surface area contributed by atoms with Gasteiger partial charge in [-0.15, -0.1) is 0 Å². The van der Waals surface area contributed by atoms with Gasteiger partial charge in [-0.3, -0.25) is 4.99 Å². The molecule has 0 spiro atoms. The van der Waals surface area contributed by atoms with E-state index in [-0.39, 0.29) is 11.1 Å². The third kappa shape index (κ3) is 5.40. The number of carbonyl (C=O) groups is 1. The summed E-state index contributed by atoms with van der Waals surface area (Å²) in [4.78, 5) is 21.4. The van der Waals surface area contributed by atoms with Gasteiger partial charge in [0.05, 0.1) is 16.3 Å². The zero-order chi connectivity index (χ0) is 25.2. The number of nitrogens with one attached hydrogen (secondary N) is 2. The molecule has 2 aromatic rings. The van der Waals surface area contributed by atoms with Gasteiger partial charge in [0.1, 0.15) is 6.17 Å². The number of sulfonamides is 1. The summed E-state index contributed by atoms with van der Waals surface area (Å²) in [6.07, 6.45) is 5.70. The van der Waals surface area contributed by atoms with E-state index in [4.69, 9.17) is 4.99 Å². The maximum absolute atomic E-state index is 12.3. The number of amides is 2. The highest BCUT2D eigenvalue weighted by Crippen LogP contribution is 2.34. The molecule has 2 aromatic carbocycles. The van der Waals surface area contributed by atoms with Crippen molar-refractivity contribution in [2.75, 3.05) is 18.5 Å². The van der Waals surface area contributed by atoms with E-state index in [1.165, 1.54) is 12.1 Å². The van der Waals surface area contributed by atoms with Crippen LogP contribution >= 0.6 is 0 Å². The van der Waals surface area contributed by atoms with E-state index in [1.807, 2.05) is 26.1 Å². The monoisotopic (exact) mass is 493 g/mol. The maximum atomic E-state index is 12.3. The van der Waals surface area contributed by atoms with Gasteiger partial charge in [0.2, 0.25) is 0 Å². The highest BCUT2D eigenvalue weighted by molar-refractivity contribution is 7.90. The van der Waals surface area contributed by atoms with Crippen molar-refractivity contribution in [3.63, 3.8) is 0 Å². The smallest absolute Gasteiger partial charge is 0.328 e. The van der Waals surface area contributed by atoms with Crippen molar-refractivity contribution < 1.29 is 13.2 Å². The summed E-state index contributed by atoms with van der Waals surface area (Å²) in [6.45, 7) is 6.39. The van der Waals surface area contributed by atoms with Crippen molar-refractivity contribution in [2.45, 2.75) is 44.7 Å². The van der Waals surface area contributed by atoms with Gasteiger partial charge in [-0.1, -0.05) is 36.8 Å². The van der Waals surface area contributed by atoms with E-state index in [1.54, 1.807) is 12.1 Å². The molecule has 0 saturated heterocycles. The first kappa shape index (κ1) is 24.5. The summed E-state index contributed by atoms with van der Waals surface area (Å²) >= 11 is 0. The number of allylic oxidation sites excluding steroid dienone is 1. The largest absolute Gasteiger partial charge is 0.355 e. The Hall–Kier alpha value is -3.59. The Kier molecular flexibility index (Phi) is 6.98. The number of hydrogen-bond donors (Lipinski definition) is 2. The number of nitrogens with zero attached hydrogens (tertiary/aromatic N) is 3. The van der Waals surface area contributed by atoms with Crippen LogP contribution in [0.3, 0.4) is 0 Å². The molecule has 184 valence electrons. The number of urea groups is 1. The highest BCUT2D eigenvalue weighted by atomic mass is 32.2. The normalized spacial score (nSPS) is 17.4. The van der Waals surface area contributed by atoms with Gasteiger partial charge >= 0.3 is 6.03 Å². The quantitative estimate of drug-likeness (QED) is 0.610. The predicted molar refractivity (Wildman–Crippen MR) is 139 cm³/mol. The summed E-state index contributed by atoms with van der Waals surface area (Å²) in [5, 5.41) is 2.62. The standard InChI is InChI=1S/C26H31N5O3S/c1-5-24-28-25-19(3)16-30(4)17-23(25)31(24)21-10-8-20(9-11-21)14-15-27-26(32)29-35(33,34)22-12-6-18(2)7-13-22/h6-13,16-17,24H,5,14-15H2,1-4H3,(H2,27,29,32). The van der Waals surface area contributed by atoms with Crippen LogP contribution < -0.4 is 14.9 Å². The van der Waals surface area contributed by atoms with Crippen LogP contribution in [0, 0.1) is 6.92 Å². The van der Waals surface area contributed by atoms with Gasteiger partial charge in [0.25, 0.3) is 10.0 Å². The minimum atomic E-state index is -3.90. The van der Waals surface area contributed by atoms with Crippen molar-refractivity contribution in [3.05, 3.63) is 83.3 Å². The molecule has 35 heavy (non-hydrogen) atoms. The maximum Gasteiger partial charge on any atom is 0.328 e. The van der Waals surface area contributed by atoms with Crippen LogP contribution in [0.15, 0.2) is 82.1 Å². The first-order valence-electron chi connectivity index (χ1n) is 11.6. The zero-order valence-corrected chi connectivity index (χ0v) is 21.3. The van der Waals surface area contributed by atoms with Gasteiger partial charge in [0, 0.05) is 31.7 Å². The molecule has 4 rings (SSSR count). The summed E-state index contributed by atoms with van der Waals surface area (Å²) < 4.78 is 26.7. The fourth-order valence-corrected chi connectivity index (χ4v) is 5.16. The second kappa shape index (κ2) is 9.95. The number of aliphatic imine (C=N–C) groups is 1. The molecule has 0 saturated carbocycles. The third-order valence-corrected chi connectivity index (χ3v) is 7.36. The van der Waals surface area contributed by atoms with Crippen molar-refractivity contribution in [1.29, 1.82) is 0 Å². The lowest BCUT2D eigenvalue weighted by molar-refractivity contribution is 0.246. The first-order valence-corrected chi connectivity index (χ1v) is 13.1. The molecule has 0 bridgehead atoms. The Labute approximate surface area is 207 Å². The molecule has 8 nitrogen and oxygen atoms in total. The van der Waals surface area contributed by atoms with Crippen LogP contribution in [0.2, 0.25) is 0 Å². The Bertz CT molecular complexity index is 1300. The van der Waals surface area contributed by atoms with Crippen molar-refractivity contribution in [3.8, 4) is 0 Å². The number of benzene rings is 2. The molecule has 1 unspecified atom stereocenters. The van der Waals surface area contributed by atoms with Crippen molar-refractivity contribution in [2.24, 2.45) is 4.99 Å². The Balaban J connectivity index is 1.34. The SMILES string of the molecule is CCC1N=C2C(C)=CN(C)C=C2N1c1ccc(CCNC(=O)NS(=O)(=O)c2ccc(C)cc2)cc1. The topological polar surface area (TPSA) is 94.1 Å². The molecule has 2 heterocycles. The molecule has 2 amide bonds. The molecular weight excluding hydrogens is 462 g/mol. The van der Waals surface area contributed by atoms with Crippen LogP contribution in [-0.4, -0.2) is 44.8 Å². The second-order valence-corrected chi connectivity index (χ2v) is 10.5. The number of aryl methyl sites for hydroxylation is 1. The van der Waals surface area contributed by atoms with Gasteiger partial charge in [-0.05, 0) is 62.1 Å². The lowest BCUT2D eigenvalue weighted by atomic mass is 10.1. The van der Waals surface area contributed by atoms with Crippen LogP contribution in [0.1, 0.15) is 31.4 Å². The third-order valence-electron chi connectivity index (χ3n) is 6.01. The fraction of sp³-hybridized carbons (Fsp3) is 0.308. The molecule has 0 aromatic heterocycles. The molecule has 2 aliphatic rings. The fourth-order valence-electron chi connectivity index (χ4n) is 4.23.